The molecule has 8 heteroatoms. The highest BCUT2D eigenvalue weighted by molar-refractivity contribution is 5.95. The lowest BCUT2D eigenvalue weighted by Crippen LogP contribution is -2.40. The van der Waals surface area contributed by atoms with E-state index in [9.17, 15) is 14.3 Å². The number of hydrogen-bond acceptors (Lipinski definition) is 5. The standard InChI is InChI=1S/C20H25FN4O3/c21-16-9-15(10-17(11-16)25-3-5-28-6-4-25)20(27)23-18-7-14(8-19(18)26)12-24-2-1-22-13-24/h1-2,9-11,13-14,18-19,26H,3-8,12H2,(H,23,27)/t14?,18-,19-/m1/s1. The van der Waals surface area contributed by atoms with Crippen molar-refractivity contribution in [3.8, 4) is 0 Å². The summed E-state index contributed by atoms with van der Waals surface area (Å²) in [6, 6.07) is 4.04. The lowest BCUT2D eigenvalue weighted by molar-refractivity contribution is 0.0872. The molecule has 1 unspecified atom stereocenters. The number of aromatic nitrogens is 2. The van der Waals surface area contributed by atoms with E-state index >= 15 is 0 Å². The molecule has 2 fully saturated rings. The van der Waals surface area contributed by atoms with Crippen LogP contribution in [0.1, 0.15) is 23.2 Å². The van der Waals surface area contributed by atoms with E-state index in [-0.39, 0.29) is 23.4 Å². The lowest BCUT2D eigenvalue weighted by Gasteiger charge is -2.29. The van der Waals surface area contributed by atoms with Crippen LogP contribution in [0.4, 0.5) is 10.1 Å². The molecule has 7 nitrogen and oxygen atoms in total. The van der Waals surface area contributed by atoms with E-state index in [1.165, 1.54) is 12.1 Å². The van der Waals surface area contributed by atoms with Crippen molar-refractivity contribution in [2.75, 3.05) is 31.2 Å². The predicted molar refractivity (Wildman–Crippen MR) is 102 cm³/mol. The topological polar surface area (TPSA) is 79.6 Å². The van der Waals surface area contributed by atoms with Gasteiger partial charge in [0.1, 0.15) is 5.82 Å². The Hall–Kier alpha value is -2.45. The van der Waals surface area contributed by atoms with Gasteiger partial charge in [-0.2, -0.15) is 0 Å². The maximum absolute atomic E-state index is 14.1. The SMILES string of the molecule is O=C(N[C@@H]1CC(Cn2ccnc2)C[C@H]1O)c1cc(F)cc(N2CCOCC2)c1. The van der Waals surface area contributed by atoms with Crippen molar-refractivity contribution in [3.05, 3.63) is 48.3 Å². The number of benzene rings is 1. The molecule has 2 N–H and O–H groups in total. The summed E-state index contributed by atoms with van der Waals surface area (Å²) >= 11 is 0. The molecule has 2 aliphatic rings. The van der Waals surface area contributed by atoms with Crippen LogP contribution in [-0.2, 0) is 11.3 Å². The van der Waals surface area contributed by atoms with Gasteiger partial charge in [-0.05, 0) is 37.0 Å². The Kier molecular flexibility index (Phi) is 5.59. The Morgan fingerprint density at radius 2 is 2.11 bits per heavy atom. The molecule has 0 bridgehead atoms. The zero-order valence-corrected chi connectivity index (χ0v) is 15.6. The second kappa shape index (κ2) is 8.28. The highest BCUT2D eigenvalue weighted by Gasteiger charge is 2.34. The average molecular weight is 388 g/mol. The summed E-state index contributed by atoms with van der Waals surface area (Å²) < 4.78 is 21.4. The highest BCUT2D eigenvalue weighted by Crippen LogP contribution is 2.28. The molecule has 1 amide bonds. The number of hydrogen-bond donors (Lipinski definition) is 2. The van der Waals surface area contributed by atoms with E-state index in [1.54, 1.807) is 18.6 Å². The molecular formula is C20H25FN4O3. The molecule has 1 aliphatic heterocycles. The largest absolute Gasteiger partial charge is 0.391 e. The summed E-state index contributed by atoms with van der Waals surface area (Å²) in [5.74, 6) is -0.550. The molecule has 0 spiro atoms. The summed E-state index contributed by atoms with van der Waals surface area (Å²) in [4.78, 5) is 18.7. The number of carbonyl (C=O) groups is 1. The molecule has 1 aromatic carbocycles. The summed E-state index contributed by atoms with van der Waals surface area (Å²) in [6.07, 6.45) is 6.05. The van der Waals surface area contributed by atoms with Gasteiger partial charge in [-0.3, -0.25) is 4.79 Å². The normalized spacial score (nSPS) is 25.1. The molecular weight excluding hydrogens is 363 g/mol. The van der Waals surface area contributed by atoms with Crippen LogP contribution in [0.5, 0.6) is 0 Å². The van der Waals surface area contributed by atoms with Gasteiger partial charge in [0.2, 0.25) is 0 Å². The third-order valence-corrected chi connectivity index (χ3v) is 5.49. The lowest BCUT2D eigenvalue weighted by atomic mass is 10.1. The number of halogens is 1. The third-order valence-electron chi connectivity index (χ3n) is 5.49. The van der Waals surface area contributed by atoms with Crippen LogP contribution in [0.3, 0.4) is 0 Å². The van der Waals surface area contributed by atoms with Crippen LogP contribution in [0.15, 0.2) is 36.9 Å². The smallest absolute Gasteiger partial charge is 0.251 e. The first-order chi connectivity index (χ1) is 13.6. The Labute approximate surface area is 163 Å². The van der Waals surface area contributed by atoms with Gasteiger partial charge in [0, 0.05) is 43.3 Å². The van der Waals surface area contributed by atoms with E-state index in [2.05, 4.69) is 10.3 Å². The van der Waals surface area contributed by atoms with Gasteiger partial charge in [0.05, 0.1) is 31.7 Å². The molecule has 1 saturated heterocycles. The average Bonchev–Trinajstić information content (AvgIpc) is 3.32. The van der Waals surface area contributed by atoms with E-state index in [1.807, 2.05) is 15.7 Å². The Morgan fingerprint density at radius 3 is 2.86 bits per heavy atom. The number of anilines is 1. The van der Waals surface area contributed by atoms with E-state index in [0.29, 0.717) is 44.8 Å². The molecule has 1 aliphatic carbocycles. The number of carbonyl (C=O) groups excluding carboxylic acids is 1. The zero-order valence-electron chi connectivity index (χ0n) is 15.6. The minimum absolute atomic E-state index is 0.255. The van der Waals surface area contributed by atoms with Crippen molar-refractivity contribution < 1.29 is 19.0 Å². The van der Waals surface area contributed by atoms with Gasteiger partial charge < -0.3 is 24.6 Å². The first-order valence-corrected chi connectivity index (χ1v) is 9.66. The van der Waals surface area contributed by atoms with Gasteiger partial charge in [-0.15, -0.1) is 0 Å². The second-order valence-electron chi connectivity index (χ2n) is 7.54. The maximum atomic E-state index is 14.1. The molecule has 3 atom stereocenters. The van der Waals surface area contributed by atoms with Gasteiger partial charge >= 0.3 is 0 Å². The number of rotatable bonds is 5. The van der Waals surface area contributed by atoms with Crippen molar-refractivity contribution in [1.82, 2.24) is 14.9 Å². The van der Waals surface area contributed by atoms with E-state index in [0.717, 1.165) is 6.54 Å². The molecule has 4 rings (SSSR count). The first-order valence-electron chi connectivity index (χ1n) is 9.66. The maximum Gasteiger partial charge on any atom is 0.251 e. The number of ether oxygens (including phenoxy) is 1. The summed E-state index contributed by atoms with van der Waals surface area (Å²) in [5.41, 5.74) is 0.949. The molecule has 2 heterocycles. The van der Waals surface area contributed by atoms with E-state index in [4.69, 9.17) is 4.74 Å². The summed E-state index contributed by atoms with van der Waals surface area (Å²) in [5, 5.41) is 13.2. The molecule has 2 aromatic rings. The number of nitrogens with one attached hydrogen (secondary N) is 1. The Morgan fingerprint density at radius 1 is 1.29 bits per heavy atom. The van der Waals surface area contributed by atoms with Gasteiger partial charge in [0.15, 0.2) is 0 Å². The number of amides is 1. The first kappa shape index (κ1) is 18.9. The molecule has 1 saturated carbocycles. The fraction of sp³-hybridized carbons (Fsp3) is 0.500. The fourth-order valence-corrected chi connectivity index (χ4v) is 4.08. The van der Waals surface area contributed by atoms with Crippen molar-refractivity contribution in [3.63, 3.8) is 0 Å². The zero-order chi connectivity index (χ0) is 19.5. The Balaban J connectivity index is 1.41. The molecule has 28 heavy (non-hydrogen) atoms. The van der Waals surface area contributed by atoms with Gasteiger partial charge in [0.25, 0.3) is 5.91 Å². The van der Waals surface area contributed by atoms with E-state index < -0.39 is 11.9 Å². The third kappa shape index (κ3) is 4.34. The molecule has 150 valence electrons. The van der Waals surface area contributed by atoms with Crippen molar-refractivity contribution in [2.45, 2.75) is 31.5 Å². The van der Waals surface area contributed by atoms with Crippen LogP contribution >= 0.6 is 0 Å². The van der Waals surface area contributed by atoms with Crippen LogP contribution in [-0.4, -0.2) is 59.0 Å². The molecule has 1 aromatic heterocycles. The van der Waals surface area contributed by atoms with Crippen molar-refractivity contribution in [1.29, 1.82) is 0 Å². The number of imidazole rings is 1. The fourth-order valence-electron chi connectivity index (χ4n) is 4.08. The van der Waals surface area contributed by atoms with Crippen LogP contribution in [0.25, 0.3) is 0 Å². The minimum atomic E-state index is -0.607. The molecule has 0 radical (unpaired) electrons. The second-order valence-corrected chi connectivity index (χ2v) is 7.54. The number of morpholine rings is 1. The quantitative estimate of drug-likeness (QED) is 0.810. The van der Waals surface area contributed by atoms with Gasteiger partial charge in [-0.1, -0.05) is 0 Å². The predicted octanol–water partition coefficient (Wildman–Crippen LogP) is 1.43. The highest BCUT2D eigenvalue weighted by atomic mass is 19.1. The van der Waals surface area contributed by atoms with Gasteiger partial charge in [-0.25, -0.2) is 9.37 Å². The number of aliphatic hydroxyl groups is 1. The summed E-state index contributed by atoms with van der Waals surface area (Å²) in [7, 11) is 0. The van der Waals surface area contributed by atoms with Crippen LogP contribution in [0.2, 0.25) is 0 Å². The summed E-state index contributed by atoms with van der Waals surface area (Å²) in [6.45, 7) is 3.27. The number of aliphatic hydroxyl groups excluding tert-OH is 1. The minimum Gasteiger partial charge on any atom is -0.391 e. The van der Waals surface area contributed by atoms with Crippen molar-refractivity contribution in [2.24, 2.45) is 5.92 Å². The number of nitrogens with zero attached hydrogens (tertiary/aromatic N) is 3. The van der Waals surface area contributed by atoms with Crippen molar-refractivity contribution >= 4 is 11.6 Å². The Bertz CT molecular complexity index is 808. The monoisotopic (exact) mass is 388 g/mol. The van der Waals surface area contributed by atoms with Crippen LogP contribution < -0.4 is 10.2 Å². The van der Waals surface area contributed by atoms with Crippen LogP contribution in [0, 0.1) is 11.7 Å².